The van der Waals surface area contributed by atoms with E-state index in [1.807, 2.05) is 0 Å². The van der Waals surface area contributed by atoms with Gasteiger partial charge in [-0.2, -0.15) is 0 Å². The molecule has 2 heterocycles. The van der Waals surface area contributed by atoms with E-state index in [-0.39, 0.29) is 25.6 Å². The number of carbonyl (C=O) groups is 1. The third-order valence-corrected chi connectivity index (χ3v) is 1.98. The predicted octanol–water partition coefficient (Wildman–Crippen LogP) is 0.849. The van der Waals surface area contributed by atoms with E-state index in [1.54, 1.807) is 18.2 Å². The molecule has 2 aromatic rings. The molecule has 98 valence electrons. The minimum Gasteiger partial charge on any atom is -0.461 e. The van der Waals surface area contributed by atoms with Gasteiger partial charge < -0.3 is 24.2 Å². The van der Waals surface area contributed by atoms with Crippen molar-refractivity contribution < 1.29 is 28.9 Å². The maximum absolute atomic E-state index is 9.96. The van der Waals surface area contributed by atoms with Gasteiger partial charge in [0.25, 0.3) is 0 Å². The van der Waals surface area contributed by atoms with E-state index in [9.17, 15) is 4.79 Å². The van der Waals surface area contributed by atoms with Gasteiger partial charge in [0, 0.05) is 0 Å². The molecule has 3 N–H and O–H groups in total. The van der Waals surface area contributed by atoms with E-state index >= 15 is 0 Å². The molecule has 0 aliphatic carbocycles. The average molecular weight is 254 g/mol. The first-order chi connectivity index (χ1) is 8.73. The number of aldehydes is 1. The van der Waals surface area contributed by atoms with Crippen LogP contribution in [0, 0.1) is 0 Å². The molecule has 0 saturated heterocycles. The summed E-state index contributed by atoms with van der Waals surface area (Å²) in [6.07, 6.45) is 0.596. The normalized spacial score (nSPS) is 9.72. The summed E-state index contributed by atoms with van der Waals surface area (Å²) in [6.45, 7) is -0.381. The largest absolute Gasteiger partial charge is 0.461 e. The Morgan fingerprint density at radius 2 is 1.28 bits per heavy atom. The fraction of sp³-hybridized carbons (Fsp3) is 0.250. The van der Waals surface area contributed by atoms with Crippen LogP contribution in [-0.4, -0.2) is 21.6 Å². The van der Waals surface area contributed by atoms with Crippen molar-refractivity contribution in [1.82, 2.24) is 0 Å². The zero-order valence-corrected chi connectivity index (χ0v) is 9.57. The van der Waals surface area contributed by atoms with Crippen LogP contribution >= 0.6 is 0 Å². The summed E-state index contributed by atoms with van der Waals surface area (Å²) in [5.41, 5.74) is 0. The second kappa shape index (κ2) is 7.44. The van der Waals surface area contributed by atoms with E-state index in [1.165, 1.54) is 6.07 Å². The number of aliphatic hydroxyl groups is 3. The first-order valence-electron chi connectivity index (χ1n) is 5.17. The van der Waals surface area contributed by atoms with E-state index in [0.29, 0.717) is 23.6 Å². The second-order valence-corrected chi connectivity index (χ2v) is 3.26. The maximum Gasteiger partial charge on any atom is 0.185 e. The summed E-state index contributed by atoms with van der Waals surface area (Å²) in [4.78, 5) is 9.96. The number of aliphatic hydroxyl groups excluding tert-OH is 3. The molecule has 0 spiro atoms. The number of carbonyl (C=O) groups excluding carboxylic acids is 1. The standard InChI is InChI=1S/C6H8O3.C6H6O3/c2*7-3-5-1-2-6(4-8)9-5/h1-2,7-8H,3-4H2;1-3,8H,4H2. The summed E-state index contributed by atoms with van der Waals surface area (Å²) < 4.78 is 9.65. The summed E-state index contributed by atoms with van der Waals surface area (Å²) in [7, 11) is 0. The Labute approximate surface area is 103 Å². The highest BCUT2D eigenvalue weighted by Crippen LogP contribution is 2.06. The van der Waals surface area contributed by atoms with Crippen molar-refractivity contribution in [2.45, 2.75) is 19.8 Å². The van der Waals surface area contributed by atoms with Crippen LogP contribution < -0.4 is 0 Å². The van der Waals surface area contributed by atoms with Crippen LogP contribution in [0.25, 0.3) is 0 Å². The van der Waals surface area contributed by atoms with Crippen molar-refractivity contribution in [1.29, 1.82) is 0 Å². The fourth-order valence-corrected chi connectivity index (χ4v) is 1.14. The Bertz CT molecular complexity index is 452. The molecule has 0 atom stereocenters. The van der Waals surface area contributed by atoms with Gasteiger partial charge >= 0.3 is 0 Å². The van der Waals surface area contributed by atoms with Crippen LogP contribution in [0.5, 0.6) is 0 Å². The zero-order chi connectivity index (χ0) is 13.4. The highest BCUT2D eigenvalue weighted by atomic mass is 16.4. The molecule has 0 aromatic carbocycles. The Morgan fingerprint density at radius 3 is 1.56 bits per heavy atom. The van der Waals surface area contributed by atoms with Gasteiger partial charge in [-0.1, -0.05) is 0 Å². The minimum absolute atomic E-state index is 0.111. The lowest BCUT2D eigenvalue weighted by molar-refractivity contribution is 0.109. The van der Waals surface area contributed by atoms with Gasteiger partial charge in [-0.3, -0.25) is 4.79 Å². The first-order valence-corrected chi connectivity index (χ1v) is 5.17. The molecule has 0 bridgehead atoms. The first kappa shape index (κ1) is 14.2. The van der Waals surface area contributed by atoms with Gasteiger partial charge in [0.15, 0.2) is 12.0 Å². The van der Waals surface area contributed by atoms with Gasteiger partial charge in [0.1, 0.15) is 37.1 Å². The Balaban J connectivity index is 0.000000180. The third kappa shape index (κ3) is 4.17. The second-order valence-electron chi connectivity index (χ2n) is 3.26. The summed E-state index contributed by atoms with van der Waals surface area (Å²) in [5, 5.41) is 25.4. The Morgan fingerprint density at radius 1 is 0.833 bits per heavy atom. The molecular weight excluding hydrogens is 240 g/mol. The van der Waals surface area contributed by atoms with E-state index in [0.717, 1.165) is 0 Å². The van der Waals surface area contributed by atoms with Gasteiger partial charge in [0.2, 0.25) is 0 Å². The molecule has 2 rings (SSSR count). The molecule has 0 fully saturated rings. The molecule has 0 amide bonds. The molecule has 18 heavy (non-hydrogen) atoms. The van der Waals surface area contributed by atoms with Crippen molar-refractivity contribution in [2.24, 2.45) is 0 Å². The van der Waals surface area contributed by atoms with Gasteiger partial charge in [0.05, 0.1) is 0 Å². The van der Waals surface area contributed by atoms with Gasteiger partial charge in [-0.05, 0) is 24.3 Å². The smallest absolute Gasteiger partial charge is 0.185 e. The molecule has 0 unspecified atom stereocenters. The Hall–Kier alpha value is -1.89. The zero-order valence-electron chi connectivity index (χ0n) is 9.57. The molecule has 0 radical (unpaired) electrons. The lowest BCUT2D eigenvalue weighted by atomic mass is 10.4. The number of hydrogen-bond donors (Lipinski definition) is 3. The minimum atomic E-state index is -0.159. The lowest BCUT2D eigenvalue weighted by Crippen LogP contribution is -1.76. The monoisotopic (exact) mass is 254 g/mol. The summed E-state index contributed by atoms with van der Waals surface area (Å²) >= 11 is 0. The van der Waals surface area contributed by atoms with Gasteiger partial charge in [-0.25, -0.2) is 0 Å². The van der Waals surface area contributed by atoms with Crippen LogP contribution in [0.4, 0.5) is 0 Å². The van der Waals surface area contributed by atoms with Crippen molar-refractivity contribution >= 4 is 6.29 Å². The molecule has 6 nitrogen and oxygen atoms in total. The summed E-state index contributed by atoms with van der Waals surface area (Å²) in [5.74, 6) is 1.63. The highest BCUT2D eigenvalue weighted by molar-refractivity contribution is 5.70. The molecule has 0 aliphatic heterocycles. The van der Waals surface area contributed by atoms with Crippen LogP contribution in [0.1, 0.15) is 27.8 Å². The average Bonchev–Trinajstić information content (AvgIpc) is 3.07. The summed E-state index contributed by atoms with van der Waals surface area (Å²) in [6, 6.07) is 6.33. The molecule has 0 aliphatic rings. The topological polar surface area (TPSA) is 104 Å². The third-order valence-electron chi connectivity index (χ3n) is 1.98. The van der Waals surface area contributed by atoms with Crippen LogP contribution in [0.3, 0.4) is 0 Å². The highest BCUT2D eigenvalue weighted by Gasteiger charge is 1.97. The quantitative estimate of drug-likeness (QED) is 0.699. The Kier molecular flexibility index (Phi) is 5.86. The van der Waals surface area contributed by atoms with E-state index in [4.69, 9.17) is 24.2 Å². The number of furan rings is 2. The molecule has 0 saturated carbocycles. The van der Waals surface area contributed by atoms with Crippen molar-refractivity contribution in [2.75, 3.05) is 0 Å². The van der Waals surface area contributed by atoms with Crippen molar-refractivity contribution in [3.8, 4) is 0 Å². The lowest BCUT2D eigenvalue weighted by Gasteiger charge is -1.86. The van der Waals surface area contributed by atoms with Crippen LogP contribution in [0.15, 0.2) is 33.1 Å². The fourth-order valence-electron chi connectivity index (χ4n) is 1.14. The van der Waals surface area contributed by atoms with E-state index in [2.05, 4.69) is 0 Å². The van der Waals surface area contributed by atoms with Crippen molar-refractivity contribution in [3.63, 3.8) is 0 Å². The maximum atomic E-state index is 9.96. The predicted molar refractivity (Wildman–Crippen MR) is 60.6 cm³/mol. The van der Waals surface area contributed by atoms with Crippen LogP contribution in [0.2, 0.25) is 0 Å². The van der Waals surface area contributed by atoms with Gasteiger partial charge in [-0.15, -0.1) is 0 Å². The number of rotatable bonds is 4. The molecule has 6 heteroatoms. The SMILES string of the molecule is O=Cc1ccc(CO)o1.OCc1ccc(CO)o1. The molecular formula is C12H14O6. The van der Waals surface area contributed by atoms with Crippen molar-refractivity contribution in [3.05, 3.63) is 47.3 Å². The van der Waals surface area contributed by atoms with E-state index < -0.39 is 0 Å². The van der Waals surface area contributed by atoms with Crippen LogP contribution in [-0.2, 0) is 19.8 Å². The number of hydrogen-bond acceptors (Lipinski definition) is 6. The molecule has 2 aromatic heterocycles.